The van der Waals surface area contributed by atoms with Gasteiger partial charge in [-0.1, -0.05) is 60.7 Å². The van der Waals surface area contributed by atoms with E-state index in [0.717, 1.165) is 23.2 Å². The number of rotatable bonds is 10. The number of carbonyl (C=O) groups excluding carboxylic acids is 1. The van der Waals surface area contributed by atoms with Gasteiger partial charge in [-0.05, 0) is 29.2 Å². The third-order valence-corrected chi connectivity index (χ3v) is 5.79. The smallest absolute Gasteiger partial charge is 0.305 e. The number of esters is 1. The quantitative estimate of drug-likeness (QED) is 0.273. The molecular formula is C26H26ClN3O3S. The maximum absolute atomic E-state index is 11.4. The first-order valence-corrected chi connectivity index (χ1v) is 11.6. The summed E-state index contributed by atoms with van der Waals surface area (Å²) < 4.78 is 10.9. The van der Waals surface area contributed by atoms with Crippen LogP contribution in [0.15, 0.2) is 78.3 Å². The number of hydrogen-bond acceptors (Lipinski definition) is 7. The van der Waals surface area contributed by atoms with Crippen molar-refractivity contribution in [3.05, 3.63) is 101 Å². The summed E-state index contributed by atoms with van der Waals surface area (Å²) in [5, 5.41) is 5.90. The van der Waals surface area contributed by atoms with Crippen LogP contribution in [0, 0.1) is 0 Å². The molecule has 0 fully saturated rings. The number of anilines is 2. The number of aromatic nitrogens is 2. The number of carbonyl (C=O) groups is 1. The van der Waals surface area contributed by atoms with E-state index in [1.165, 1.54) is 24.0 Å². The molecule has 0 aliphatic carbocycles. The molecular weight excluding hydrogens is 470 g/mol. The van der Waals surface area contributed by atoms with Crippen LogP contribution in [0.2, 0.25) is 0 Å². The van der Waals surface area contributed by atoms with Crippen LogP contribution < -0.4 is 10.1 Å². The number of halogens is 1. The Morgan fingerprint density at radius 2 is 1.71 bits per heavy atom. The zero-order valence-corrected chi connectivity index (χ0v) is 20.4. The third-order valence-electron chi connectivity index (χ3n) is 4.99. The number of methoxy groups -OCH3 is 1. The number of nitrogens with one attached hydrogen (secondary N) is 1. The zero-order valence-electron chi connectivity index (χ0n) is 18.8. The fraction of sp³-hybridized carbons (Fsp3) is 0.192. The van der Waals surface area contributed by atoms with Crippen molar-refractivity contribution in [3.63, 3.8) is 0 Å². The molecule has 2 heterocycles. The first-order valence-electron chi connectivity index (χ1n) is 10.7. The summed E-state index contributed by atoms with van der Waals surface area (Å²) in [7, 11) is 1.39. The number of pyridine rings is 1. The van der Waals surface area contributed by atoms with E-state index in [-0.39, 0.29) is 18.4 Å². The molecule has 0 aliphatic heterocycles. The van der Waals surface area contributed by atoms with Gasteiger partial charge in [-0.2, -0.15) is 0 Å². The molecule has 0 saturated carbocycles. The van der Waals surface area contributed by atoms with Gasteiger partial charge in [0, 0.05) is 18.0 Å². The van der Waals surface area contributed by atoms with E-state index in [0.29, 0.717) is 36.1 Å². The maximum atomic E-state index is 11.4. The minimum absolute atomic E-state index is 0. The molecule has 0 radical (unpaired) electrons. The summed E-state index contributed by atoms with van der Waals surface area (Å²) in [5.74, 6) is 1.03. The summed E-state index contributed by atoms with van der Waals surface area (Å²) in [6.07, 6.45) is 3.46. The normalized spacial score (nSPS) is 10.3. The molecule has 0 aliphatic rings. The molecule has 1 N–H and O–H groups in total. The van der Waals surface area contributed by atoms with Crippen LogP contribution in [-0.2, 0) is 29.0 Å². The first-order chi connectivity index (χ1) is 16.2. The molecule has 0 spiro atoms. The second-order valence-electron chi connectivity index (χ2n) is 7.47. The van der Waals surface area contributed by atoms with E-state index < -0.39 is 0 Å². The molecule has 2 aromatic heterocycles. The summed E-state index contributed by atoms with van der Waals surface area (Å²) in [6, 6.07) is 22.3. The average molecular weight is 496 g/mol. The van der Waals surface area contributed by atoms with Crippen molar-refractivity contribution in [2.45, 2.75) is 25.9 Å². The van der Waals surface area contributed by atoms with Gasteiger partial charge in [-0.25, -0.2) is 9.97 Å². The summed E-state index contributed by atoms with van der Waals surface area (Å²) in [5.41, 5.74) is 4.19. The molecule has 0 bridgehead atoms. The highest BCUT2D eigenvalue weighted by Gasteiger charge is 2.12. The van der Waals surface area contributed by atoms with Gasteiger partial charge in [0.1, 0.15) is 6.61 Å². The number of nitrogens with zero attached hydrogens (tertiary/aromatic N) is 2. The van der Waals surface area contributed by atoms with Crippen molar-refractivity contribution >= 4 is 40.7 Å². The lowest BCUT2D eigenvalue weighted by Crippen LogP contribution is -2.03. The van der Waals surface area contributed by atoms with Gasteiger partial charge in [0.2, 0.25) is 0 Å². The van der Waals surface area contributed by atoms with Crippen LogP contribution in [0.3, 0.4) is 0 Å². The SMILES string of the molecule is COC(=O)CCc1csc(Nc2ncc(Cc3ccccc3)cc2OCc2ccccc2)n1.Cl. The Kier molecular flexibility index (Phi) is 9.43. The highest BCUT2D eigenvalue weighted by Crippen LogP contribution is 2.30. The van der Waals surface area contributed by atoms with E-state index >= 15 is 0 Å². The highest BCUT2D eigenvalue weighted by molar-refractivity contribution is 7.13. The molecule has 4 aromatic rings. The Hall–Kier alpha value is -3.42. The Labute approximate surface area is 209 Å². The molecule has 34 heavy (non-hydrogen) atoms. The van der Waals surface area contributed by atoms with Crippen molar-refractivity contribution in [1.82, 2.24) is 9.97 Å². The Bertz CT molecular complexity index is 1190. The second-order valence-corrected chi connectivity index (χ2v) is 8.33. The van der Waals surface area contributed by atoms with Gasteiger partial charge in [-0.15, -0.1) is 23.7 Å². The Morgan fingerprint density at radius 1 is 1.00 bits per heavy atom. The van der Waals surface area contributed by atoms with Crippen molar-refractivity contribution in [1.29, 1.82) is 0 Å². The van der Waals surface area contributed by atoms with Gasteiger partial charge in [-0.3, -0.25) is 4.79 Å². The number of benzene rings is 2. The number of aryl methyl sites for hydroxylation is 1. The van der Waals surface area contributed by atoms with E-state index in [2.05, 4.69) is 27.4 Å². The molecule has 176 valence electrons. The molecule has 0 atom stereocenters. The highest BCUT2D eigenvalue weighted by atomic mass is 35.5. The van der Waals surface area contributed by atoms with Gasteiger partial charge < -0.3 is 14.8 Å². The predicted octanol–water partition coefficient (Wildman–Crippen LogP) is 5.98. The molecule has 6 nitrogen and oxygen atoms in total. The second kappa shape index (κ2) is 12.7. The monoisotopic (exact) mass is 495 g/mol. The average Bonchev–Trinajstić information content (AvgIpc) is 3.31. The molecule has 0 unspecified atom stereocenters. The standard InChI is InChI=1S/C26H25N3O3S.ClH/c1-31-24(30)13-12-22-18-33-26(28-22)29-25-23(32-17-20-10-6-3-7-11-20)15-21(16-27-25)14-19-8-4-2-5-9-19;/h2-11,15-16,18H,12-14,17H2,1H3,(H,27,28,29);1H. The molecule has 2 aromatic carbocycles. The van der Waals surface area contributed by atoms with Crippen molar-refractivity contribution in [2.24, 2.45) is 0 Å². The fourth-order valence-electron chi connectivity index (χ4n) is 3.27. The topological polar surface area (TPSA) is 73.3 Å². The minimum Gasteiger partial charge on any atom is -0.485 e. The van der Waals surface area contributed by atoms with Crippen molar-refractivity contribution in [3.8, 4) is 5.75 Å². The van der Waals surface area contributed by atoms with Crippen LogP contribution in [0.25, 0.3) is 0 Å². The van der Waals surface area contributed by atoms with E-state index in [1.54, 1.807) is 0 Å². The van der Waals surface area contributed by atoms with Crippen LogP contribution in [0.1, 0.15) is 28.8 Å². The lowest BCUT2D eigenvalue weighted by atomic mass is 10.1. The van der Waals surface area contributed by atoms with E-state index in [9.17, 15) is 4.79 Å². The van der Waals surface area contributed by atoms with E-state index in [4.69, 9.17) is 9.47 Å². The fourth-order valence-corrected chi connectivity index (χ4v) is 4.01. The Morgan fingerprint density at radius 3 is 2.41 bits per heavy atom. The van der Waals surface area contributed by atoms with Crippen molar-refractivity contribution < 1.29 is 14.3 Å². The van der Waals surface area contributed by atoms with E-state index in [1.807, 2.05) is 66.2 Å². The van der Waals surface area contributed by atoms with Crippen LogP contribution in [0.4, 0.5) is 10.9 Å². The largest absolute Gasteiger partial charge is 0.485 e. The minimum atomic E-state index is -0.246. The van der Waals surface area contributed by atoms with Crippen LogP contribution in [0.5, 0.6) is 5.75 Å². The first kappa shape index (κ1) is 25.2. The number of thiazole rings is 1. The van der Waals surface area contributed by atoms with Gasteiger partial charge in [0.05, 0.1) is 19.2 Å². The molecule has 8 heteroatoms. The van der Waals surface area contributed by atoms with Gasteiger partial charge >= 0.3 is 5.97 Å². The Balaban J connectivity index is 0.00000324. The lowest BCUT2D eigenvalue weighted by Gasteiger charge is -2.13. The molecule has 0 saturated heterocycles. The summed E-state index contributed by atoms with van der Waals surface area (Å²) >= 11 is 1.46. The third kappa shape index (κ3) is 7.30. The zero-order chi connectivity index (χ0) is 22.9. The molecule has 4 rings (SSSR count). The lowest BCUT2D eigenvalue weighted by molar-refractivity contribution is -0.140. The van der Waals surface area contributed by atoms with Crippen molar-refractivity contribution in [2.75, 3.05) is 12.4 Å². The summed E-state index contributed by atoms with van der Waals surface area (Å²) in [4.78, 5) is 20.6. The number of ether oxygens (including phenoxy) is 2. The van der Waals surface area contributed by atoms with Crippen LogP contribution >= 0.6 is 23.7 Å². The predicted molar refractivity (Wildman–Crippen MR) is 137 cm³/mol. The van der Waals surface area contributed by atoms with Gasteiger partial charge in [0.15, 0.2) is 16.7 Å². The van der Waals surface area contributed by atoms with Gasteiger partial charge in [0.25, 0.3) is 0 Å². The van der Waals surface area contributed by atoms with Crippen LogP contribution in [-0.4, -0.2) is 23.0 Å². The number of hydrogen-bond donors (Lipinski definition) is 1. The maximum Gasteiger partial charge on any atom is 0.305 e. The summed E-state index contributed by atoms with van der Waals surface area (Å²) in [6.45, 7) is 0.439. The molecule has 0 amide bonds.